The number of rotatable bonds is 2. The number of morpholine rings is 1. The van der Waals surface area contributed by atoms with Crippen LogP contribution < -0.4 is 10.1 Å². The van der Waals surface area contributed by atoms with E-state index in [0.717, 1.165) is 24.5 Å². The fourth-order valence-electron chi connectivity index (χ4n) is 2.42. The Morgan fingerprint density at radius 3 is 2.71 bits per heavy atom. The average Bonchev–Trinajstić information content (AvgIpc) is 2.32. The highest BCUT2D eigenvalue weighted by molar-refractivity contribution is 5.43. The van der Waals surface area contributed by atoms with E-state index in [2.05, 4.69) is 38.2 Å². The number of benzene rings is 1. The van der Waals surface area contributed by atoms with Crippen molar-refractivity contribution >= 4 is 0 Å². The van der Waals surface area contributed by atoms with Gasteiger partial charge >= 0.3 is 0 Å². The molecule has 1 aromatic carbocycles. The fourth-order valence-corrected chi connectivity index (χ4v) is 2.42. The number of hydrogen-bond acceptors (Lipinski definition) is 3. The molecule has 0 spiro atoms. The number of aryl methyl sites for hydroxylation is 2. The molecule has 1 heterocycles. The van der Waals surface area contributed by atoms with E-state index in [-0.39, 0.29) is 6.10 Å². The summed E-state index contributed by atoms with van der Waals surface area (Å²) in [5.41, 5.74) is 3.66. The predicted octanol–water partition coefficient (Wildman–Crippen LogP) is 2.36. The fraction of sp³-hybridized carbons (Fsp3) is 0.571. The topological polar surface area (TPSA) is 30.5 Å². The van der Waals surface area contributed by atoms with Gasteiger partial charge < -0.3 is 14.8 Å². The molecule has 0 aromatic heterocycles. The molecule has 0 bridgehead atoms. The summed E-state index contributed by atoms with van der Waals surface area (Å²) in [6, 6.07) is 4.63. The molecule has 1 N–H and O–H groups in total. The van der Waals surface area contributed by atoms with Gasteiger partial charge in [-0.3, -0.25) is 0 Å². The summed E-state index contributed by atoms with van der Waals surface area (Å²) in [6.07, 6.45) is 0.147. The Balaban J connectivity index is 2.34. The summed E-state index contributed by atoms with van der Waals surface area (Å²) >= 11 is 0. The molecule has 2 atom stereocenters. The van der Waals surface area contributed by atoms with Gasteiger partial charge in [-0.05, 0) is 49.6 Å². The summed E-state index contributed by atoms with van der Waals surface area (Å²) in [7, 11) is 1.71. The van der Waals surface area contributed by atoms with E-state index in [0.29, 0.717) is 6.04 Å². The van der Waals surface area contributed by atoms with Crippen LogP contribution in [-0.4, -0.2) is 26.3 Å². The van der Waals surface area contributed by atoms with Crippen molar-refractivity contribution in [3.63, 3.8) is 0 Å². The largest absolute Gasteiger partial charge is 0.496 e. The second-order valence-corrected chi connectivity index (χ2v) is 4.71. The van der Waals surface area contributed by atoms with Gasteiger partial charge in [0.25, 0.3) is 0 Å². The van der Waals surface area contributed by atoms with Crippen LogP contribution in [0, 0.1) is 13.8 Å². The molecule has 1 aromatic rings. The van der Waals surface area contributed by atoms with Gasteiger partial charge in [0, 0.05) is 12.6 Å². The summed E-state index contributed by atoms with van der Waals surface area (Å²) in [4.78, 5) is 0. The predicted molar refractivity (Wildman–Crippen MR) is 68.6 cm³/mol. The Labute approximate surface area is 103 Å². The van der Waals surface area contributed by atoms with E-state index >= 15 is 0 Å². The second-order valence-electron chi connectivity index (χ2n) is 4.71. The SMILES string of the molecule is COc1cc(C)c(C2OCCNC2C)cc1C. The van der Waals surface area contributed by atoms with Gasteiger partial charge in [0.2, 0.25) is 0 Å². The third-order valence-electron chi connectivity index (χ3n) is 3.41. The van der Waals surface area contributed by atoms with Gasteiger partial charge in [-0.15, -0.1) is 0 Å². The third kappa shape index (κ3) is 2.45. The molecular formula is C14H21NO2. The van der Waals surface area contributed by atoms with Gasteiger partial charge in [-0.25, -0.2) is 0 Å². The minimum atomic E-state index is 0.147. The van der Waals surface area contributed by atoms with Crippen molar-refractivity contribution in [3.05, 3.63) is 28.8 Å². The van der Waals surface area contributed by atoms with Crippen molar-refractivity contribution in [1.82, 2.24) is 5.32 Å². The molecular weight excluding hydrogens is 214 g/mol. The van der Waals surface area contributed by atoms with Crippen LogP contribution in [0.25, 0.3) is 0 Å². The lowest BCUT2D eigenvalue weighted by Crippen LogP contribution is -2.41. The number of ether oxygens (including phenoxy) is 2. The van der Waals surface area contributed by atoms with Crippen molar-refractivity contribution in [2.24, 2.45) is 0 Å². The number of nitrogens with one attached hydrogen (secondary N) is 1. The maximum Gasteiger partial charge on any atom is 0.122 e. The molecule has 3 nitrogen and oxygen atoms in total. The zero-order valence-electron chi connectivity index (χ0n) is 11.0. The Morgan fingerprint density at radius 2 is 2.06 bits per heavy atom. The van der Waals surface area contributed by atoms with Crippen molar-refractivity contribution < 1.29 is 9.47 Å². The van der Waals surface area contributed by atoms with Crippen molar-refractivity contribution in [2.45, 2.75) is 32.9 Å². The third-order valence-corrected chi connectivity index (χ3v) is 3.41. The second kappa shape index (κ2) is 5.07. The molecule has 17 heavy (non-hydrogen) atoms. The summed E-state index contributed by atoms with van der Waals surface area (Å²) in [5.74, 6) is 0.947. The minimum absolute atomic E-state index is 0.147. The average molecular weight is 235 g/mol. The maximum absolute atomic E-state index is 5.88. The van der Waals surface area contributed by atoms with Crippen LogP contribution in [0.15, 0.2) is 12.1 Å². The van der Waals surface area contributed by atoms with Gasteiger partial charge in [0.15, 0.2) is 0 Å². The molecule has 2 rings (SSSR count). The van der Waals surface area contributed by atoms with E-state index < -0.39 is 0 Å². The Bertz CT molecular complexity index is 403. The molecule has 94 valence electrons. The molecule has 0 saturated carbocycles. The first-order valence-electron chi connectivity index (χ1n) is 6.13. The summed E-state index contributed by atoms with van der Waals surface area (Å²) < 4.78 is 11.2. The lowest BCUT2D eigenvalue weighted by atomic mass is 9.95. The van der Waals surface area contributed by atoms with E-state index in [4.69, 9.17) is 9.47 Å². The molecule has 3 heteroatoms. The van der Waals surface area contributed by atoms with Crippen molar-refractivity contribution in [1.29, 1.82) is 0 Å². The van der Waals surface area contributed by atoms with Crippen LogP contribution in [-0.2, 0) is 4.74 Å². The minimum Gasteiger partial charge on any atom is -0.496 e. The van der Waals surface area contributed by atoms with E-state index in [1.54, 1.807) is 7.11 Å². The normalized spacial score (nSPS) is 24.7. The van der Waals surface area contributed by atoms with Gasteiger partial charge in [-0.1, -0.05) is 0 Å². The zero-order chi connectivity index (χ0) is 12.4. The molecule has 0 radical (unpaired) electrons. The highest BCUT2D eigenvalue weighted by atomic mass is 16.5. The Morgan fingerprint density at radius 1 is 1.29 bits per heavy atom. The van der Waals surface area contributed by atoms with E-state index in [1.807, 2.05) is 0 Å². The lowest BCUT2D eigenvalue weighted by Gasteiger charge is -2.32. The molecule has 2 unspecified atom stereocenters. The molecule has 1 fully saturated rings. The smallest absolute Gasteiger partial charge is 0.122 e. The van der Waals surface area contributed by atoms with Crippen LogP contribution in [0.5, 0.6) is 5.75 Å². The number of methoxy groups -OCH3 is 1. The molecule has 1 aliphatic rings. The monoisotopic (exact) mass is 235 g/mol. The van der Waals surface area contributed by atoms with Gasteiger partial charge in [0.1, 0.15) is 5.75 Å². The quantitative estimate of drug-likeness (QED) is 0.853. The standard InChI is InChI=1S/C14H21NO2/c1-9-8-13(16-4)10(2)7-12(9)14-11(3)15-5-6-17-14/h7-8,11,14-15H,5-6H2,1-4H3. The van der Waals surface area contributed by atoms with Crippen LogP contribution in [0.3, 0.4) is 0 Å². The summed E-state index contributed by atoms with van der Waals surface area (Å²) in [6.45, 7) is 8.07. The van der Waals surface area contributed by atoms with Crippen LogP contribution >= 0.6 is 0 Å². The molecule has 1 aliphatic heterocycles. The van der Waals surface area contributed by atoms with E-state index in [1.165, 1.54) is 11.1 Å². The van der Waals surface area contributed by atoms with Crippen molar-refractivity contribution in [3.8, 4) is 5.75 Å². The summed E-state index contributed by atoms with van der Waals surface area (Å²) in [5, 5.41) is 3.45. The van der Waals surface area contributed by atoms with Crippen molar-refractivity contribution in [2.75, 3.05) is 20.3 Å². The molecule has 0 aliphatic carbocycles. The first-order valence-corrected chi connectivity index (χ1v) is 6.13. The zero-order valence-corrected chi connectivity index (χ0v) is 11.0. The number of hydrogen-bond donors (Lipinski definition) is 1. The first-order chi connectivity index (χ1) is 8.13. The van der Waals surface area contributed by atoms with Crippen LogP contribution in [0.1, 0.15) is 29.7 Å². The lowest BCUT2D eigenvalue weighted by molar-refractivity contribution is -0.000640. The van der Waals surface area contributed by atoms with Crippen LogP contribution in [0.4, 0.5) is 0 Å². The Hall–Kier alpha value is -1.06. The molecule has 0 amide bonds. The van der Waals surface area contributed by atoms with E-state index in [9.17, 15) is 0 Å². The van der Waals surface area contributed by atoms with Crippen LogP contribution in [0.2, 0.25) is 0 Å². The highest BCUT2D eigenvalue weighted by Gasteiger charge is 2.25. The maximum atomic E-state index is 5.88. The molecule has 1 saturated heterocycles. The first kappa shape index (κ1) is 12.4. The van der Waals surface area contributed by atoms with Gasteiger partial charge in [0.05, 0.1) is 19.8 Å². The Kier molecular flexibility index (Phi) is 3.69. The van der Waals surface area contributed by atoms with Gasteiger partial charge in [-0.2, -0.15) is 0 Å². The highest BCUT2D eigenvalue weighted by Crippen LogP contribution is 2.31.